The molecule has 5 rings (SSSR count). The molecule has 0 atom stereocenters. The first kappa shape index (κ1) is 28.7. The van der Waals surface area contributed by atoms with E-state index in [2.05, 4.69) is 0 Å². The van der Waals surface area contributed by atoms with Crippen molar-refractivity contribution in [1.29, 1.82) is 0 Å². The number of likely N-dealkylation sites (N-methyl/N-ethyl adjacent to an activating group) is 1. The lowest BCUT2D eigenvalue weighted by atomic mass is 10.1. The number of halogens is 1. The van der Waals surface area contributed by atoms with Gasteiger partial charge >= 0.3 is 0 Å². The first-order valence-corrected chi connectivity index (χ1v) is 14.5. The molecule has 0 unspecified atom stereocenters. The molecule has 0 bridgehead atoms. The SMILES string of the molecule is CCN1C(=O)/C(=C\c2ccc(OCc3ccccc3Cl)c(OC)c2)SC1=Nc1cccc(C(=O)N2CCOCC2)c1. The predicted molar refractivity (Wildman–Crippen MR) is 162 cm³/mol. The van der Waals surface area contributed by atoms with E-state index in [1.807, 2.05) is 67.6 Å². The number of hydrogen-bond acceptors (Lipinski definition) is 7. The van der Waals surface area contributed by atoms with E-state index < -0.39 is 0 Å². The lowest BCUT2D eigenvalue weighted by molar-refractivity contribution is -0.122. The molecule has 0 saturated carbocycles. The summed E-state index contributed by atoms with van der Waals surface area (Å²) in [5.74, 6) is 0.940. The van der Waals surface area contributed by atoms with Crippen LogP contribution in [0.15, 0.2) is 76.6 Å². The van der Waals surface area contributed by atoms with Gasteiger partial charge in [0.1, 0.15) is 6.61 Å². The zero-order chi connectivity index (χ0) is 28.8. The summed E-state index contributed by atoms with van der Waals surface area (Å²) < 4.78 is 16.9. The van der Waals surface area contributed by atoms with Crippen LogP contribution in [-0.2, 0) is 16.1 Å². The van der Waals surface area contributed by atoms with Crippen LogP contribution >= 0.6 is 23.4 Å². The Balaban J connectivity index is 1.34. The number of amides is 2. The molecule has 2 amide bonds. The molecule has 0 aliphatic carbocycles. The minimum Gasteiger partial charge on any atom is -0.493 e. The average Bonchev–Trinajstić information content (AvgIpc) is 3.30. The highest BCUT2D eigenvalue weighted by Gasteiger charge is 2.32. The van der Waals surface area contributed by atoms with Crippen LogP contribution in [0.1, 0.15) is 28.4 Å². The Hall–Kier alpha value is -3.79. The van der Waals surface area contributed by atoms with Crippen LogP contribution in [0, 0.1) is 0 Å². The van der Waals surface area contributed by atoms with Crippen molar-refractivity contribution in [3.05, 3.63) is 93.3 Å². The summed E-state index contributed by atoms with van der Waals surface area (Å²) in [6.45, 7) is 4.89. The predicted octanol–water partition coefficient (Wildman–Crippen LogP) is 6.02. The Morgan fingerprint density at radius 1 is 1.07 bits per heavy atom. The topological polar surface area (TPSA) is 80.7 Å². The fourth-order valence-electron chi connectivity index (χ4n) is 4.45. The number of nitrogens with zero attached hydrogens (tertiary/aromatic N) is 3. The van der Waals surface area contributed by atoms with Crippen molar-refractivity contribution < 1.29 is 23.8 Å². The fourth-order valence-corrected chi connectivity index (χ4v) is 5.71. The molecule has 0 aromatic heterocycles. The van der Waals surface area contributed by atoms with E-state index in [1.165, 1.54) is 11.8 Å². The fraction of sp³-hybridized carbons (Fsp3) is 0.258. The van der Waals surface area contributed by atoms with Gasteiger partial charge in [-0.3, -0.25) is 14.5 Å². The number of carbonyl (C=O) groups is 2. The third-order valence-corrected chi connectivity index (χ3v) is 8.02. The van der Waals surface area contributed by atoms with Crippen molar-refractivity contribution in [1.82, 2.24) is 9.80 Å². The minimum atomic E-state index is -0.130. The first-order chi connectivity index (χ1) is 20.0. The van der Waals surface area contributed by atoms with Crippen LogP contribution in [0.3, 0.4) is 0 Å². The Morgan fingerprint density at radius 3 is 2.63 bits per heavy atom. The quantitative estimate of drug-likeness (QED) is 0.298. The van der Waals surface area contributed by atoms with Crippen molar-refractivity contribution in [3.63, 3.8) is 0 Å². The Kier molecular flexibility index (Phi) is 9.28. The van der Waals surface area contributed by atoms with Crippen LogP contribution in [0.25, 0.3) is 6.08 Å². The van der Waals surface area contributed by atoms with Gasteiger partial charge < -0.3 is 19.1 Å². The molecule has 212 valence electrons. The summed E-state index contributed by atoms with van der Waals surface area (Å²) in [5, 5.41) is 1.20. The zero-order valence-electron chi connectivity index (χ0n) is 22.8. The molecule has 0 spiro atoms. The lowest BCUT2D eigenvalue weighted by Crippen LogP contribution is -2.40. The molecule has 0 N–H and O–H groups in total. The average molecular weight is 592 g/mol. The number of thioether (sulfide) groups is 1. The van der Waals surface area contributed by atoms with Gasteiger partial charge in [-0.25, -0.2) is 4.99 Å². The molecular weight excluding hydrogens is 562 g/mol. The summed E-state index contributed by atoms with van der Waals surface area (Å²) in [6.07, 6.45) is 1.82. The highest BCUT2D eigenvalue weighted by Crippen LogP contribution is 2.36. The molecule has 2 fully saturated rings. The molecular formula is C31H30ClN3O5S. The number of carbonyl (C=O) groups excluding carboxylic acids is 2. The van der Waals surface area contributed by atoms with Crippen LogP contribution < -0.4 is 9.47 Å². The molecule has 10 heteroatoms. The highest BCUT2D eigenvalue weighted by molar-refractivity contribution is 8.18. The van der Waals surface area contributed by atoms with E-state index in [9.17, 15) is 9.59 Å². The maximum Gasteiger partial charge on any atom is 0.266 e. The van der Waals surface area contributed by atoms with Gasteiger partial charge in [-0.15, -0.1) is 0 Å². The summed E-state index contributed by atoms with van der Waals surface area (Å²) in [4.78, 5) is 34.9. The number of morpholine rings is 1. The number of ether oxygens (including phenoxy) is 3. The lowest BCUT2D eigenvalue weighted by Gasteiger charge is -2.26. The number of hydrogen-bond donors (Lipinski definition) is 0. The molecule has 2 heterocycles. The minimum absolute atomic E-state index is 0.0494. The number of rotatable bonds is 8. The van der Waals surface area contributed by atoms with Crippen molar-refractivity contribution in [3.8, 4) is 11.5 Å². The molecule has 2 saturated heterocycles. The molecule has 3 aromatic carbocycles. The standard InChI is InChI=1S/C31H30ClN3O5S/c1-3-35-30(37)28(18-21-11-12-26(27(17-21)38-2)40-20-23-7-4-5-10-25(23)32)41-31(35)33-24-9-6-8-22(19-24)29(36)34-13-15-39-16-14-34/h4-12,17-19H,3,13-16,20H2,1-2H3/b28-18+,33-31?. The molecule has 2 aliphatic rings. The first-order valence-electron chi connectivity index (χ1n) is 13.3. The molecule has 2 aliphatic heterocycles. The molecule has 3 aromatic rings. The second kappa shape index (κ2) is 13.2. The van der Waals surface area contributed by atoms with E-state index in [0.717, 1.165) is 11.1 Å². The smallest absolute Gasteiger partial charge is 0.266 e. The Labute approximate surface area is 248 Å². The van der Waals surface area contributed by atoms with Gasteiger partial charge in [-0.2, -0.15) is 0 Å². The number of benzene rings is 3. The largest absolute Gasteiger partial charge is 0.493 e. The van der Waals surface area contributed by atoms with Gasteiger partial charge in [0, 0.05) is 35.8 Å². The number of methoxy groups -OCH3 is 1. The second-order valence-corrected chi connectivity index (χ2v) is 10.7. The summed E-state index contributed by atoms with van der Waals surface area (Å²) >= 11 is 7.55. The molecule has 41 heavy (non-hydrogen) atoms. The molecule has 0 radical (unpaired) electrons. The summed E-state index contributed by atoms with van der Waals surface area (Å²) in [7, 11) is 1.57. The van der Waals surface area contributed by atoms with E-state index >= 15 is 0 Å². The summed E-state index contributed by atoms with van der Waals surface area (Å²) in [5.41, 5.74) is 2.84. The van der Waals surface area contributed by atoms with Crippen molar-refractivity contribution >= 4 is 52.1 Å². The maximum absolute atomic E-state index is 13.3. The van der Waals surface area contributed by atoms with Gasteiger partial charge in [0.25, 0.3) is 11.8 Å². The van der Waals surface area contributed by atoms with Crippen LogP contribution in [0.4, 0.5) is 5.69 Å². The van der Waals surface area contributed by atoms with Crippen molar-refractivity contribution in [2.45, 2.75) is 13.5 Å². The van der Waals surface area contributed by atoms with Gasteiger partial charge in [0.05, 0.1) is 30.9 Å². The van der Waals surface area contributed by atoms with E-state index in [4.69, 9.17) is 30.8 Å². The van der Waals surface area contributed by atoms with E-state index in [0.29, 0.717) is 77.3 Å². The Bertz CT molecular complexity index is 1500. The third kappa shape index (κ3) is 6.75. The van der Waals surface area contributed by atoms with Crippen LogP contribution in [0.2, 0.25) is 5.02 Å². The van der Waals surface area contributed by atoms with Crippen molar-refractivity contribution in [2.24, 2.45) is 4.99 Å². The van der Waals surface area contributed by atoms with Gasteiger partial charge in [-0.1, -0.05) is 41.9 Å². The van der Waals surface area contributed by atoms with Gasteiger partial charge in [-0.05, 0) is 66.7 Å². The van der Waals surface area contributed by atoms with Crippen LogP contribution in [0.5, 0.6) is 11.5 Å². The number of aliphatic imine (C=N–C) groups is 1. The number of amidine groups is 1. The van der Waals surface area contributed by atoms with Gasteiger partial charge in [0.2, 0.25) is 0 Å². The molecule has 8 nitrogen and oxygen atoms in total. The van der Waals surface area contributed by atoms with Gasteiger partial charge in [0.15, 0.2) is 16.7 Å². The van der Waals surface area contributed by atoms with E-state index in [1.54, 1.807) is 29.0 Å². The summed E-state index contributed by atoms with van der Waals surface area (Å²) in [6, 6.07) is 20.2. The van der Waals surface area contributed by atoms with E-state index in [-0.39, 0.29) is 11.8 Å². The third-order valence-electron chi connectivity index (χ3n) is 6.65. The Morgan fingerprint density at radius 2 is 1.88 bits per heavy atom. The normalized spacial score (nSPS) is 17.4. The second-order valence-electron chi connectivity index (χ2n) is 9.30. The maximum atomic E-state index is 13.3. The van der Waals surface area contributed by atoms with Crippen LogP contribution in [-0.4, -0.2) is 66.7 Å². The van der Waals surface area contributed by atoms with Crippen molar-refractivity contribution in [2.75, 3.05) is 40.0 Å². The zero-order valence-corrected chi connectivity index (χ0v) is 24.4. The highest BCUT2D eigenvalue weighted by atomic mass is 35.5. The monoisotopic (exact) mass is 591 g/mol.